The lowest BCUT2D eigenvalue weighted by Gasteiger charge is -2.56. The predicted molar refractivity (Wildman–Crippen MR) is 143 cm³/mol. The topological polar surface area (TPSA) is 86.7 Å². The average molecular weight is 496 g/mol. The van der Waals surface area contributed by atoms with Gasteiger partial charge >= 0.3 is 0 Å². The summed E-state index contributed by atoms with van der Waals surface area (Å²) in [7, 11) is -1.87. The zero-order chi connectivity index (χ0) is 25.5. The molecule has 0 spiro atoms. The Kier molecular flexibility index (Phi) is 5.54. The van der Waals surface area contributed by atoms with Crippen LogP contribution < -0.4 is 0 Å². The Morgan fingerprint density at radius 1 is 1.31 bits per heavy atom. The number of H-pyrrole nitrogens is 1. The molecule has 0 aromatic carbocycles. The van der Waals surface area contributed by atoms with E-state index in [0.29, 0.717) is 18.4 Å². The van der Waals surface area contributed by atoms with Gasteiger partial charge in [0.1, 0.15) is 0 Å². The Morgan fingerprint density at radius 3 is 2.74 bits per heavy atom. The minimum Gasteiger partial charge on any atom is -0.417 e. The van der Waals surface area contributed by atoms with Crippen LogP contribution in [0.25, 0.3) is 10.4 Å². The van der Waals surface area contributed by atoms with E-state index in [0.717, 1.165) is 25.9 Å². The van der Waals surface area contributed by atoms with Crippen molar-refractivity contribution < 1.29 is 4.43 Å². The molecular weight excluding hydrogens is 450 g/mol. The van der Waals surface area contributed by atoms with Crippen LogP contribution in [0.1, 0.15) is 78.0 Å². The Morgan fingerprint density at radius 2 is 2.06 bits per heavy atom. The van der Waals surface area contributed by atoms with Crippen molar-refractivity contribution in [3.8, 4) is 0 Å². The average Bonchev–Trinajstić information content (AvgIpc) is 3.09. The van der Waals surface area contributed by atoms with Crippen LogP contribution >= 0.6 is 0 Å². The van der Waals surface area contributed by atoms with Crippen molar-refractivity contribution in [3.05, 3.63) is 40.0 Å². The van der Waals surface area contributed by atoms with Crippen molar-refractivity contribution in [2.24, 2.45) is 38.6 Å². The second kappa shape index (κ2) is 7.72. The van der Waals surface area contributed by atoms with Crippen LogP contribution in [-0.2, 0) is 17.3 Å². The molecule has 0 saturated heterocycles. The van der Waals surface area contributed by atoms with Crippen molar-refractivity contribution >= 4 is 8.32 Å². The maximum absolute atomic E-state index is 9.36. The van der Waals surface area contributed by atoms with Crippen LogP contribution in [0.3, 0.4) is 0 Å². The van der Waals surface area contributed by atoms with Crippen LogP contribution in [0.15, 0.2) is 23.5 Å². The molecule has 1 heterocycles. The predicted octanol–water partition coefficient (Wildman–Crippen LogP) is 7.61. The molecule has 5 rings (SSSR count). The van der Waals surface area contributed by atoms with Gasteiger partial charge in [0, 0.05) is 23.8 Å². The van der Waals surface area contributed by atoms with Gasteiger partial charge in [0.2, 0.25) is 0 Å². The summed E-state index contributed by atoms with van der Waals surface area (Å²) in [6.07, 6.45) is 9.97. The molecule has 0 unspecified atom stereocenters. The number of allylic oxidation sites excluding steroid dienone is 1. The summed E-state index contributed by atoms with van der Waals surface area (Å²) in [5, 5.41) is 12.2. The van der Waals surface area contributed by atoms with Gasteiger partial charge in [-0.05, 0) is 108 Å². The van der Waals surface area contributed by atoms with E-state index >= 15 is 0 Å². The third kappa shape index (κ3) is 3.30. The third-order valence-electron chi connectivity index (χ3n) is 12.2. The quantitative estimate of drug-likeness (QED) is 0.145. The summed E-state index contributed by atoms with van der Waals surface area (Å²) < 4.78 is 6.92. The fraction of sp³-hybridized carbons (Fsp3) is 0.821. The molecule has 1 aromatic rings. The Balaban J connectivity index is 1.55. The highest BCUT2D eigenvalue weighted by Crippen LogP contribution is 2.86. The second-order valence-corrected chi connectivity index (χ2v) is 19.2. The van der Waals surface area contributed by atoms with Gasteiger partial charge in [-0.1, -0.05) is 51.9 Å². The number of aromatic amines is 1. The van der Waals surface area contributed by atoms with E-state index in [1.165, 1.54) is 42.5 Å². The zero-order valence-corrected chi connectivity index (χ0v) is 24.0. The standard InChI is InChI=1S/C28H45N5OSi/c1-19-9-10-23-25(19,5)11-12-28(17-27(23,28)18-31-33-29)26(6)14-20-15-30-32-22(20)13-21(26)16-34-35(7,8)24(2,3)4/h15,21,23H,1,9-14,16-18H2,2-8H3,(H,30,32)/t21-,23-,25-,26+,27+,28+/m1/s1. The number of hydrogen-bond acceptors (Lipinski definition) is 3. The summed E-state index contributed by atoms with van der Waals surface area (Å²) in [5.74, 6) is 0.984. The van der Waals surface area contributed by atoms with Gasteiger partial charge in [0.25, 0.3) is 0 Å². The van der Waals surface area contributed by atoms with Crippen LogP contribution in [0.2, 0.25) is 18.1 Å². The van der Waals surface area contributed by atoms with E-state index < -0.39 is 8.32 Å². The SMILES string of the molecule is C=C1CC[C@H]2[C@@]3(CN=[N+]=[N-])C[C@]3([C@@]3(C)Cc4cn[nH]c4C[C@@H]3CO[Si](C)(C)C(C)(C)C)CC[C@]12C. The Labute approximate surface area is 212 Å². The number of azide groups is 1. The molecule has 35 heavy (non-hydrogen) atoms. The summed E-state index contributed by atoms with van der Waals surface area (Å²) in [5.41, 5.74) is 14.0. The third-order valence-corrected chi connectivity index (χ3v) is 16.7. The first kappa shape index (κ1) is 25.1. The van der Waals surface area contributed by atoms with E-state index in [2.05, 4.69) is 80.7 Å². The summed E-state index contributed by atoms with van der Waals surface area (Å²) in [6.45, 7) is 22.6. The number of rotatable bonds is 6. The van der Waals surface area contributed by atoms with Crippen LogP contribution in [-0.4, -0.2) is 31.7 Å². The Hall–Kier alpha value is -1.56. The molecular formula is C28H45N5OSi. The molecule has 7 heteroatoms. The number of nitrogens with one attached hydrogen (secondary N) is 1. The molecule has 0 amide bonds. The fourth-order valence-electron chi connectivity index (χ4n) is 8.71. The summed E-state index contributed by atoms with van der Waals surface area (Å²) in [6, 6.07) is 0. The number of aromatic nitrogens is 2. The molecule has 6 nitrogen and oxygen atoms in total. The van der Waals surface area contributed by atoms with E-state index in [9.17, 15) is 5.53 Å². The maximum Gasteiger partial charge on any atom is 0.191 e. The molecule has 1 N–H and O–H groups in total. The number of hydrogen-bond donors (Lipinski definition) is 1. The molecule has 0 radical (unpaired) electrons. The van der Waals surface area contributed by atoms with Gasteiger partial charge in [-0.3, -0.25) is 5.10 Å². The lowest BCUT2D eigenvalue weighted by atomic mass is 9.49. The Bertz CT molecular complexity index is 1080. The summed E-state index contributed by atoms with van der Waals surface area (Å²) in [4.78, 5) is 3.27. The maximum atomic E-state index is 9.36. The lowest BCUT2D eigenvalue weighted by Crippen LogP contribution is -2.53. The number of nitrogens with zero attached hydrogens (tertiary/aromatic N) is 4. The molecule has 4 aliphatic rings. The van der Waals surface area contributed by atoms with Crippen molar-refractivity contribution in [2.45, 2.75) is 97.7 Å². The van der Waals surface area contributed by atoms with Crippen LogP contribution in [0.5, 0.6) is 0 Å². The van der Waals surface area contributed by atoms with Gasteiger partial charge in [0.05, 0.1) is 6.20 Å². The van der Waals surface area contributed by atoms with Gasteiger partial charge < -0.3 is 4.43 Å². The monoisotopic (exact) mass is 495 g/mol. The highest BCUT2D eigenvalue weighted by atomic mass is 28.4. The number of fused-ring (bicyclic) bond motifs is 4. The molecule has 4 aliphatic carbocycles. The highest BCUT2D eigenvalue weighted by Gasteiger charge is 2.81. The molecule has 0 aliphatic heterocycles. The molecule has 3 fully saturated rings. The van der Waals surface area contributed by atoms with Crippen LogP contribution in [0.4, 0.5) is 0 Å². The minimum absolute atomic E-state index is 0.0802. The molecule has 192 valence electrons. The molecule has 0 bridgehead atoms. The fourth-order valence-corrected chi connectivity index (χ4v) is 9.76. The first-order chi connectivity index (χ1) is 16.3. The minimum atomic E-state index is -1.87. The zero-order valence-electron chi connectivity index (χ0n) is 23.0. The van der Waals surface area contributed by atoms with Crippen molar-refractivity contribution in [1.82, 2.24) is 10.2 Å². The normalized spacial score (nSPS) is 40.5. The summed E-state index contributed by atoms with van der Waals surface area (Å²) >= 11 is 0. The lowest BCUT2D eigenvalue weighted by molar-refractivity contribution is -0.0546. The largest absolute Gasteiger partial charge is 0.417 e. The van der Waals surface area contributed by atoms with Gasteiger partial charge in [-0.2, -0.15) is 5.10 Å². The first-order valence-electron chi connectivity index (χ1n) is 13.6. The smallest absolute Gasteiger partial charge is 0.191 e. The second-order valence-electron chi connectivity index (χ2n) is 14.4. The van der Waals surface area contributed by atoms with Crippen LogP contribution in [0, 0.1) is 33.5 Å². The van der Waals surface area contributed by atoms with E-state index in [1.54, 1.807) is 0 Å². The van der Waals surface area contributed by atoms with Crippen molar-refractivity contribution in [2.75, 3.05) is 13.2 Å². The van der Waals surface area contributed by atoms with Crippen molar-refractivity contribution in [3.63, 3.8) is 0 Å². The van der Waals surface area contributed by atoms with Crippen molar-refractivity contribution in [1.29, 1.82) is 0 Å². The molecule has 1 aromatic heterocycles. The molecule has 3 saturated carbocycles. The van der Waals surface area contributed by atoms with Gasteiger partial charge in [-0.25, -0.2) is 0 Å². The van der Waals surface area contributed by atoms with E-state index in [-0.39, 0.29) is 26.7 Å². The van der Waals surface area contributed by atoms with Gasteiger partial charge in [-0.15, -0.1) is 0 Å². The highest BCUT2D eigenvalue weighted by molar-refractivity contribution is 6.74. The van der Waals surface area contributed by atoms with Gasteiger partial charge in [0.15, 0.2) is 8.32 Å². The van der Waals surface area contributed by atoms with E-state index in [1.807, 2.05) is 0 Å². The molecule has 6 atom stereocenters. The first-order valence-corrected chi connectivity index (χ1v) is 16.5. The van der Waals surface area contributed by atoms with E-state index in [4.69, 9.17) is 4.43 Å².